The van der Waals surface area contributed by atoms with E-state index in [-0.39, 0.29) is 5.41 Å². The predicted octanol–water partition coefficient (Wildman–Crippen LogP) is 7.29. The Balaban J connectivity index is 1.40. The Kier molecular flexibility index (Phi) is 4.12. The Morgan fingerprint density at radius 3 is 2.39 bits per heavy atom. The van der Waals surface area contributed by atoms with E-state index >= 15 is 0 Å². The molecular weight excluding hydrogens is 338 g/mol. The summed E-state index contributed by atoms with van der Waals surface area (Å²) in [5, 5.41) is 3.68. The number of anilines is 1. The molecule has 0 aromatic heterocycles. The number of nitrogens with one attached hydrogen (secondary N) is 1. The van der Waals surface area contributed by atoms with E-state index in [0.717, 1.165) is 12.8 Å². The van der Waals surface area contributed by atoms with Crippen LogP contribution in [-0.4, -0.2) is 0 Å². The van der Waals surface area contributed by atoms with E-state index in [1.165, 1.54) is 57.6 Å². The van der Waals surface area contributed by atoms with Crippen molar-refractivity contribution in [3.8, 4) is 11.1 Å². The molecule has 0 amide bonds. The van der Waals surface area contributed by atoms with Crippen LogP contribution in [0, 0.1) is 0 Å². The maximum absolute atomic E-state index is 3.68. The van der Waals surface area contributed by atoms with Crippen molar-refractivity contribution in [2.24, 2.45) is 0 Å². The lowest BCUT2D eigenvalue weighted by molar-refractivity contribution is 0.660. The Hall–Kier alpha value is -2.80. The van der Waals surface area contributed by atoms with E-state index in [9.17, 15) is 0 Å². The number of hydrogen-bond acceptors (Lipinski definition) is 1. The smallest absolute Gasteiger partial charge is 0.0385 e. The van der Waals surface area contributed by atoms with Crippen LogP contribution in [-0.2, 0) is 5.41 Å². The summed E-state index contributed by atoms with van der Waals surface area (Å²) in [6, 6.07) is 15.7. The van der Waals surface area contributed by atoms with Gasteiger partial charge in [0.25, 0.3) is 0 Å². The summed E-state index contributed by atoms with van der Waals surface area (Å²) >= 11 is 0. The minimum atomic E-state index is 0.0542. The van der Waals surface area contributed by atoms with Gasteiger partial charge < -0.3 is 5.32 Å². The minimum Gasteiger partial charge on any atom is -0.359 e. The van der Waals surface area contributed by atoms with Gasteiger partial charge in [0.15, 0.2) is 0 Å². The highest BCUT2D eigenvalue weighted by Crippen LogP contribution is 2.49. The predicted molar refractivity (Wildman–Crippen MR) is 119 cm³/mol. The summed E-state index contributed by atoms with van der Waals surface area (Å²) in [6.45, 7) is 4.67. The summed E-state index contributed by atoms with van der Waals surface area (Å²) in [4.78, 5) is 0. The highest BCUT2D eigenvalue weighted by Gasteiger charge is 2.35. The Labute approximate surface area is 168 Å². The zero-order valence-corrected chi connectivity index (χ0v) is 16.8. The molecule has 0 atom stereocenters. The molecule has 3 aliphatic rings. The lowest BCUT2D eigenvalue weighted by Crippen LogP contribution is -2.15. The maximum Gasteiger partial charge on any atom is 0.0385 e. The summed E-state index contributed by atoms with van der Waals surface area (Å²) in [5.41, 5.74) is 11.2. The van der Waals surface area contributed by atoms with Crippen LogP contribution in [0.25, 0.3) is 11.1 Å². The van der Waals surface area contributed by atoms with Crippen molar-refractivity contribution < 1.29 is 0 Å². The molecule has 5 rings (SSSR count). The Morgan fingerprint density at radius 2 is 1.61 bits per heavy atom. The van der Waals surface area contributed by atoms with Gasteiger partial charge in [-0.05, 0) is 77.3 Å². The average molecular weight is 366 g/mol. The van der Waals surface area contributed by atoms with Crippen LogP contribution in [0.2, 0.25) is 0 Å². The molecule has 0 bridgehead atoms. The van der Waals surface area contributed by atoms with Gasteiger partial charge >= 0.3 is 0 Å². The second kappa shape index (κ2) is 6.67. The fraction of sp³-hybridized carbons (Fsp3) is 0.259. The molecule has 0 heterocycles. The molecule has 0 saturated carbocycles. The van der Waals surface area contributed by atoms with E-state index in [2.05, 4.69) is 92.0 Å². The Morgan fingerprint density at radius 1 is 0.786 bits per heavy atom. The first-order valence-corrected chi connectivity index (χ1v) is 10.4. The molecule has 2 aromatic carbocycles. The fourth-order valence-electron chi connectivity index (χ4n) is 4.85. The molecule has 1 N–H and O–H groups in total. The zero-order valence-electron chi connectivity index (χ0n) is 16.8. The molecule has 28 heavy (non-hydrogen) atoms. The normalized spacial score (nSPS) is 19.3. The zero-order chi connectivity index (χ0) is 19.1. The van der Waals surface area contributed by atoms with Crippen LogP contribution >= 0.6 is 0 Å². The van der Waals surface area contributed by atoms with Crippen molar-refractivity contribution in [2.45, 2.75) is 44.9 Å². The van der Waals surface area contributed by atoms with Crippen molar-refractivity contribution in [3.63, 3.8) is 0 Å². The monoisotopic (exact) mass is 365 g/mol. The third-order valence-electron chi connectivity index (χ3n) is 6.46. The molecule has 140 valence electrons. The topological polar surface area (TPSA) is 12.0 Å². The van der Waals surface area contributed by atoms with Crippen molar-refractivity contribution in [2.75, 3.05) is 5.32 Å². The second-order valence-corrected chi connectivity index (χ2v) is 8.60. The maximum atomic E-state index is 3.68. The molecule has 2 aromatic rings. The number of rotatable bonds is 3. The third kappa shape index (κ3) is 2.86. The molecule has 0 radical (unpaired) electrons. The summed E-state index contributed by atoms with van der Waals surface area (Å²) < 4.78 is 0. The van der Waals surface area contributed by atoms with Gasteiger partial charge in [-0.3, -0.25) is 0 Å². The number of benzene rings is 2. The summed E-state index contributed by atoms with van der Waals surface area (Å²) in [5.74, 6) is 0. The van der Waals surface area contributed by atoms with E-state index < -0.39 is 0 Å². The molecular formula is C27H27N. The number of hydrogen-bond donors (Lipinski definition) is 1. The SMILES string of the molecule is CC1(C)c2ccccc2-c2ccc(NC3=CC=C(C4=CC=CCC4)CC3)cc21. The summed E-state index contributed by atoms with van der Waals surface area (Å²) in [6.07, 6.45) is 15.9. The molecule has 1 nitrogen and oxygen atoms in total. The van der Waals surface area contributed by atoms with E-state index in [1.54, 1.807) is 0 Å². The van der Waals surface area contributed by atoms with Gasteiger partial charge in [-0.15, -0.1) is 0 Å². The number of fused-ring (bicyclic) bond motifs is 3. The molecule has 0 aliphatic heterocycles. The van der Waals surface area contributed by atoms with Gasteiger partial charge in [-0.1, -0.05) is 68.5 Å². The minimum absolute atomic E-state index is 0.0542. The van der Waals surface area contributed by atoms with Crippen LogP contribution in [0.5, 0.6) is 0 Å². The first-order chi connectivity index (χ1) is 13.6. The van der Waals surface area contributed by atoms with E-state index in [4.69, 9.17) is 0 Å². The first-order valence-electron chi connectivity index (χ1n) is 10.4. The largest absolute Gasteiger partial charge is 0.359 e. The van der Waals surface area contributed by atoms with Gasteiger partial charge in [-0.2, -0.15) is 0 Å². The van der Waals surface area contributed by atoms with Crippen LogP contribution in [0.1, 0.15) is 50.7 Å². The van der Waals surface area contributed by atoms with Gasteiger partial charge in [0.2, 0.25) is 0 Å². The van der Waals surface area contributed by atoms with Crippen molar-refractivity contribution in [1.82, 2.24) is 0 Å². The van der Waals surface area contributed by atoms with Gasteiger partial charge in [0.05, 0.1) is 0 Å². The molecule has 0 fully saturated rings. The van der Waals surface area contributed by atoms with Crippen molar-refractivity contribution >= 4 is 5.69 Å². The highest BCUT2D eigenvalue weighted by molar-refractivity contribution is 5.82. The van der Waals surface area contributed by atoms with Gasteiger partial charge in [0.1, 0.15) is 0 Å². The van der Waals surface area contributed by atoms with Gasteiger partial charge in [-0.25, -0.2) is 0 Å². The standard InChI is InChI=1S/C27H27N/c1-27(2)25-11-7-6-10-23(25)24-17-16-22(18-26(24)27)28-21-14-12-20(13-15-21)19-8-4-3-5-9-19/h3-4,6-8,10-12,14,16-18,28H,5,9,13,15H2,1-2H3. The molecule has 0 unspecified atom stereocenters. The van der Waals surface area contributed by atoms with E-state index in [0.29, 0.717) is 0 Å². The molecule has 3 aliphatic carbocycles. The third-order valence-corrected chi connectivity index (χ3v) is 6.46. The first kappa shape index (κ1) is 17.3. The quantitative estimate of drug-likeness (QED) is 0.602. The average Bonchev–Trinajstić information content (AvgIpc) is 2.97. The number of allylic oxidation sites excluding steroid dienone is 8. The van der Waals surface area contributed by atoms with Crippen LogP contribution in [0.15, 0.2) is 89.7 Å². The summed E-state index contributed by atoms with van der Waals surface area (Å²) in [7, 11) is 0. The second-order valence-electron chi connectivity index (χ2n) is 8.60. The molecule has 0 saturated heterocycles. The fourth-order valence-corrected chi connectivity index (χ4v) is 4.85. The molecule has 0 spiro atoms. The van der Waals surface area contributed by atoms with Crippen LogP contribution in [0.3, 0.4) is 0 Å². The Bertz CT molecular complexity index is 1060. The van der Waals surface area contributed by atoms with Crippen molar-refractivity contribution in [3.05, 3.63) is 101 Å². The van der Waals surface area contributed by atoms with Crippen LogP contribution in [0.4, 0.5) is 5.69 Å². The lowest BCUT2D eigenvalue weighted by Gasteiger charge is -2.23. The van der Waals surface area contributed by atoms with E-state index in [1.807, 2.05) is 0 Å². The van der Waals surface area contributed by atoms with Crippen molar-refractivity contribution in [1.29, 1.82) is 0 Å². The van der Waals surface area contributed by atoms with Crippen LogP contribution < -0.4 is 5.32 Å². The lowest BCUT2D eigenvalue weighted by atomic mass is 9.82. The molecule has 1 heteroatoms. The van der Waals surface area contributed by atoms with Gasteiger partial charge in [0, 0.05) is 16.8 Å². The highest BCUT2D eigenvalue weighted by atomic mass is 14.9.